The van der Waals surface area contributed by atoms with Gasteiger partial charge in [-0.3, -0.25) is 0 Å². The fourth-order valence-electron chi connectivity index (χ4n) is 2.38. The number of hydrogen-bond donors (Lipinski definition) is 0. The Bertz CT molecular complexity index is 616. The van der Waals surface area contributed by atoms with Crippen LogP contribution in [-0.2, 0) is 10.0 Å². The highest BCUT2D eigenvalue weighted by Gasteiger charge is 2.30. The van der Waals surface area contributed by atoms with Gasteiger partial charge in [0.2, 0.25) is 10.0 Å². The van der Waals surface area contributed by atoms with E-state index in [1.54, 1.807) is 7.05 Å². The molecule has 0 bridgehead atoms. The maximum atomic E-state index is 12.5. The zero-order chi connectivity index (χ0) is 14.0. The summed E-state index contributed by atoms with van der Waals surface area (Å²) in [6.07, 6.45) is 3.94. The van der Waals surface area contributed by atoms with E-state index in [4.69, 9.17) is 16.9 Å². The second-order valence-corrected chi connectivity index (χ2v) is 7.12. The minimum atomic E-state index is -3.53. The van der Waals surface area contributed by atoms with Gasteiger partial charge in [0.1, 0.15) is 6.07 Å². The van der Waals surface area contributed by atoms with Gasteiger partial charge in [0.15, 0.2) is 0 Å². The summed E-state index contributed by atoms with van der Waals surface area (Å²) in [6.45, 7) is 0. The number of nitrogens with zero attached hydrogens (tertiary/aromatic N) is 2. The topological polar surface area (TPSA) is 61.2 Å². The Morgan fingerprint density at radius 2 is 2.00 bits per heavy atom. The van der Waals surface area contributed by atoms with Crippen molar-refractivity contribution < 1.29 is 8.42 Å². The standard InChI is InChI=1S/C13H15ClN2O2S/c1-16(11-4-2-3-5-11)19(17,18)12-7-6-10(9-15)13(14)8-12/h6-8,11H,2-5H2,1H3. The van der Waals surface area contributed by atoms with Crippen LogP contribution in [0.15, 0.2) is 23.1 Å². The summed E-state index contributed by atoms with van der Waals surface area (Å²) in [5.74, 6) is 0. The van der Waals surface area contributed by atoms with Gasteiger partial charge in [-0.25, -0.2) is 8.42 Å². The maximum Gasteiger partial charge on any atom is 0.243 e. The Balaban J connectivity index is 2.34. The maximum absolute atomic E-state index is 12.5. The van der Waals surface area contributed by atoms with Crippen LogP contribution in [0.3, 0.4) is 0 Å². The molecule has 0 amide bonds. The fraction of sp³-hybridized carbons (Fsp3) is 0.462. The van der Waals surface area contributed by atoms with Crippen molar-refractivity contribution >= 4 is 21.6 Å². The number of rotatable bonds is 3. The van der Waals surface area contributed by atoms with Crippen molar-refractivity contribution in [1.82, 2.24) is 4.31 Å². The lowest BCUT2D eigenvalue weighted by Gasteiger charge is -2.23. The van der Waals surface area contributed by atoms with Gasteiger partial charge in [0, 0.05) is 13.1 Å². The Morgan fingerprint density at radius 1 is 1.37 bits per heavy atom. The summed E-state index contributed by atoms with van der Waals surface area (Å²) in [4.78, 5) is 0.144. The number of sulfonamides is 1. The summed E-state index contributed by atoms with van der Waals surface area (Å²) >= 11 is 5.89. The Morgan fingerprint density at radius 3 is 2.53 bits per heavy atom. The van der Waals surface area contributed by atoms with Crippen LogP contribution in [0.4, 0.5) is 0 Å². The van der Waals surface area contributed by atoms with Gasteiger partial charge < -0.3 is 0 Å². The minimum Gasteiger partial charge on any atom is -0.207 e. The smallest absolute Gasteiger partial charge is 0.207 e. The molecule has 2 rings (SSSR count). The molecule has 0 atom stereocenters. The zero-order valence-corrected chi connectivity index (χ0v) is 12.2. The molecular formula is C13H15ClN2O2S. The average Bonchev–Trinajstić information content (AvgIpc) is 2.91. The van der Waals surface area contributed by atoms with Crippen LogP contribution in [0.5, 0.6) is 0 Å². The van der Waals surface area contributed by atoms with Gasteiger partial charge in [-0.1, -0.05) is 24.4 Å². The van der Waals surface area contributed by atoms with Crippen LogP contribution in [0.1, 0.15) is 31.2 Å². The monoisotopic (exact) mass is 298 g/mol. The molecule has 0 spiro atoms. The molecule has 4 nitrogen and oxygen atoms in total. The van der Waals surface area contributed by atoms with E-state index in [-0.39, 0.29) is 21.5 Å². The van der Waals surface area contributed by atoms with Crippen molar-refractivity contribution in [2.45, 2.75) is 36.6 Å². The Labute approximate surface area is 118 Å². The molecule has 102 valence electrons. The van der Waals surface area contributed by atoms with E-state index in [0.717, 1.165) is 25.7 Å². The Kier molecular flexibility index (Phi) is 4.14. The molecule has 1 aliphatic rings. The molecule has 6 heteroatoms. The number of nitriles is 1. The highest BCUT2D eigenvalue weighted by Crippen LogP contribution is 2.28. The third-order valence-electron chi connectivity index (χ3n) is 3.58. The van der Waals surface area contributed by atoms with E-state index in [2.05, 4.69) is 0 Å². The molecular weight excluding hydrogens is 284 g/mol. The SMILES string of the molecule is CN(C1CCCC1)S(=O)(=O)c1ccc(C#N)c(Cl)c1. The summed E-state index contributed by atoms with van der Waals surface area (Å²) < 4.78 is 26.3. The summed E-state index contributed by atoms with van der Waals surface area (Å²) in [7, 11) is -1.92. The molecule has 0 unspecified atom stereocenters. The summed E-state index contributed by atoms with van der Waals surface area (Å²) in [5, 5.41) is 8.97. The van der Waals surface area contributed by atoms with Crippen molar-refractivity contribution in [2.75, 3.05) is 7.05 Å². The highest BCUT2D eigenvalue weighted by atomic mass is 35.5. The second-order valence-electron chi connectivity index (χ2n) is 4.71. The Hall–Kier alpha value is -1.09. The normalized spacial score (nSPS) is 16.7. The second kappa shape index (κ2) is 5.49. The van der Waals surface area contributed by atoms with Crippen molar-refractivity contribution in [1.29, 1.82) is 5.26 Å². The van der Waals surface area contributed by atoms with Gasteiger partial charge in [0.25, 0.3) is 0 Å². The van der Waals surface area contributed by atoms with E-state index in [1.165, 1.54) is 22.5 Å². The van der Waals surface area contributed by atoms with E-state index >= 15 is 0 Å². The van der Waals surface area contributed by atoms with Crippen LogP contribution < -0.4 is 0 Å². The highest BCUT2D eigenvalue weighted by molar-refractivity contribution is 7.89. The third-order valence-corrected chi connectivity index (χ3v) is 5.80. The van der Waals surface area contributed by atoms with Crippen LogP contribution in [0, 0.1) is 11.3 Å². The predicted molar refractivity (Wildman–Crippen MR) is 73.4 cm³/mol. The van der Waals surface area contributed by atoms with Crippen molar-refractivity contribution in [3.05, 3.63) is 28.8 Å². The zero-order valence-electron chi connectivity index (χ0n) is 10.6. The van der Waals surface area contributed by atoms with Gasteiger partial charge in [-0.2, -0.15) is 9.57 Å². The van der Waals surface area contributed by atoms with Crippen LogP contribution >= 0.6 is 11.6 Å². The van der Waals surface area contributed by atoms with Gasteiger partial charge in [0.05, 0.1) is 15.5 Å². The first kappa shape index (κ1) is 14.3. The number of benzene rings is 1. The number of halogens is 1. The van der Waals surface area contributed by atoms with E-state index < -0.39 is 10.0 Å². The molecule has 19 heavy (non-hydrogen) atoms. The van der Waals surface area contributed by atoms with Gasteiger partial charge in [-0.15, -0.1) is 0 Å². The molecule has 1 saturated carbocycles. The first-order valence-corrected chi connectivity index (χ1v) is 7.96. The lowest BCUT2D eigenvalue weighted by Crippen LogP contribution is -2.35. The fourth-order valence-corrected chi connectivity index (χ4v) is 4.11. The molecule has 1 fully saturated rings. The van der Waals surface area contributed by atoms with Crippen LogP contribution in [-0.4, -0.2) is 25.8 Å². The first-order chi connectivity index (χ1) is 8.96. The molecule has 0 saturated heterocycles. The molecule has 0 aromatic heterocycles. The molecule has 0 radical (unpaired) electrons. The quantitative estimate of drug-likeness (QED) is 0.862. The largest absolute Gasteiger partial charge is 0.243 e. The van der Waals surface area contributed by atoms with Gasteiger partial charge >= 0.3 is 0 Å². The molecule has 1 aliphatic carbocycles. The van der Waals surface area contributed by atoms with Crippen molar-refractivity contribution in [3.63, 3.8) is 0 Å². The summed E-state index contributed by atoms with van der Waals surface area (Å²) in [5.41, 5.74) is 0.282. The summed E-state index contributed by atoms with van der Waals surface area (Å²) in [6, 6.07) is 6.21. The van der Waals surface area contributed by atoms with E-state index in [1.807, 2.05) is 6.07 Å². The van der Waals surface area contributed by atoms with Gasteiger partial charge in [-0.05, 0) is 31.0 Å². The predicted octanol–water partition coefficient (Wildman–Crippen LogP) is 2.77. The molecule has 1 aromatic rings. The third kappa shape index (κ3) is 2.76. The number of hydrogen-bond acceptors (Lipinski definition) is 3. The van der Waals surface area contributed by atoms with Crippen molar-refractivity contribution in [3.8, 4) is 6.07 Å². The molecule has 0 heterocycles. The lowest BCUT2D eigenvalue weighted by atomic mass is 10.2. The van der Waals surface area contributed by atoms with Crippen LogP contribution in [0.2, 0.25) is 5.02 Å². The van der Waals surface area contributed by atoms with Crippen LogP contribution in [0.25, 0.3) is 0 Å². The van der Waals surface area contributed by atoms with E-state index in [9.17, 15) is 8.42 Å². The minimum absolute atomic E-state index is 0.0689. The van der Waals surface area contributed by atoms with Crippen molar-refractivity contribution in [2.24, 2.45) is 0 Å². The molecule has 0 N–H and O–H groups in total. The average molecular weight is 299 g/mol. The lowest BCUT2D eigenvalue weighted by molar-refractivity contribution is 0.373. The molecule has 0 aliphatic heterocycles. The first-order valence-electron chi connectivity index (χ1n) is 6.14. The molecule has 1 aromatic carbocycles. The van der Waals surface area contributed by atoms with E-state index in [0.29, 0.717) is 0 Å².